The van der Waals surface area contributed by atoms with Gasteiger partial charge in [-0.3, -0.25) is 0 Å². The highest BCUT2D eigenvalue weighted by Gasteiger charge is 2.20. The molecular formula is C13H22BrN3. The van der Waals surface area contributed by atoms with E-state index in [0.717, 1.165) is 29.7 Å². The molecule has 3 nitrogen and oxygen atoms in total. The minimum absolute atomic E-state index is 0.545. The minimum atomic E-state index is 0.545. The molecule has 0 saturated heterocycles. The Balaban J connectivity index is 3.01. The maximum atomic E-state index is 4.42. The van der Waals surface area contributed by atoms with Gasteiger partial charge >= 0.3 is 0 Å². The van der Waals surface area contributed by atoms with Gasteiger partial charge in [0.15, 0.2) is 0 Å². The number of anilines is 1. The fourth-order valence-electron chi connectivity index (χ4n) is 2.05. The largest absolute Gasteiger partial charge is 0.352 e. The van der Waals surface area contributed by atoms with Gasteiger partial charge in [-0.2, -0.15) is 0 Å². The molecule has 0 unspecified atom stereocenters. The standard InChI is InChI=1S/C13H22BrN3/c1-5-11(6-2)17(8-10(3)4)13-12(14)7-15-9-16-13/h7,9-11H,5-6,8H2,1-4H3. The summed E-state index contributed by atoms with van der Waals surface area (Å²) in [6, 6.07) is 0.545. The van der Waals surface area contributed by atoms with Crippen LogP contribution in [-0.2, 0) is 0 Å². The fraction of sp³-hybridized carbons (Fsp3) is 0.692. The number of aromatic nitrogens is 2. The summed E-state index contributed by atoms with van der Waals surface area (Å²) in [5, 5.41) is 0. The lowest BCUT2D eigenvalue weighted by atomic mass is 10.1. The zero-order valence-electron chi connectivity index (χ0n) is 11.2. The Kier molecular flexibility index (Phi) is 5.89. The molecule has 4 heteroatoms. The highest BCUT2D eigenvalue weighted by molar-refractivity contribution is 9.10. The average molecular weight is 300 g/mol. The van der Waals surface area contributed by atoms with Crippen molar-refractivity contribution in [2.24, 2.45) is 5.92 Å². The van der Waals surface area contributed by atoms with Gasteiger partial charge in [0, 0.05) is 18.8 Å². The van der Waals surface area contributed by atoms with E-state index in [2.05, 4.69) is 58.5 Å². The first kappa shape index (κ1) is 14.4. The lowest BCUT2D eigenvalue weighted by Crippen LogP contribution is -2.38. The molecule has 0 aromatic carbocycles. The van der Waals surface area contributed by atoms with E-state index in [1.165, 1.54) is 0 Å². The molecule has 0 fully saturated rings. The van der Waals surface area contributed by atoms with E-state index in [1.54, 1.807) is 6.33 Å². The zero-order chi connectivity index (χ0) is 12.8. The molecule has 0 aliphatic rings. The molecule has 0 atom stereocenters. The molecule has 0 spiro atoms. The topological polar surface area (TPSA) is 29.0 Å². The number of hydrogen-bond donors (Lipinski definition) is 0. The Hall–Kier alpha value is -0.640. The molecule has 1 aromatic heterocycles. The third-order valence-corrected chi connectivity index (χ3v) is 3.42. The van der Waals surface area contributed by atoms with Gasteiger partial charge in [-0.25, -0.2) is 9.97 Å². The molecule has 0 aliphatic carbocycles. The van der Waals surface area contributed by atoms with Crippen LogP contribution in [0.3, 0.4) is 0 Å². The van der Waals surface area contributed by atoms with E-state index in [1.807, 2.05) is 6.20 Å². The Morgan fingerprint density at radius 2 is 1.94 bits per heavy atom. The normalized spacial score (nSPS) is 11.2. The fourth-order valence-corrected chi connectivity index (χ4v) is 2.50. The molecule has 1 heterocycles. The molecule has 0 saturated carbocycles. The Morgan fingerprint density at radius 1 is 1.29 bits per heavy atom. The smallest absolute Gasteiger partial charge is 0.146 e. The van der Waals surface area contributed by atoms with Gasteiger partial charge in [0.25, 0.3) is 0 Å². The van der Waals surface area contributed by atoms with Crippen molar-refractivity contribution in [2.45, 2.75) is 46.6 Å². The summed E-state index contributed by atoms with van der Waals surface area (Å²) in [7, 11) is 0. The monoisotopic (exact) mass is 299 g/mol. The third-order valence-electron chi connectivity index (χ3n) is 2.87. The molecule has 0 bridgehead atoms. The van der Waals surface area contributed by atoms with Crippen molar-refractivity contribution in [2.75, 3.05) is 11.4 Å². The third kappa shape index (κ3) is 3.95. The predicted molar refractivity (Wildman–Crippen MR) is 76.3 cm³/mol. The maximum Gasteiger partial charge on any atom is 0.146 e. The van der Waals surface area contributed by atoms with Crippen LogP contribution in [-0.4, -0.2) is 22.6 Å². The number of rotatable bonds is 6. The second-order valence-corrected chi connectivity index (χ2v) is 5.57. The Morgan fingerprint density at radius 3 is 2.41 bits per heavy atom. The molecule has 17 heavy (non-hydrogen) atoms. The quantitative estimate of drug-likeness (QED) is 0.798. The molecule has 1 rings (SSSR count). The van der Waals surface area contributed by atoms with E-state index < -0.39 is 0 Å². The van der Waals surface area contributed by atoms with Crippen LogP contribution in [0.1, 0.15) is 40.5 Å². The lowest BCUT2D eigenvalue weighted by Gasteiger charge is -2.33. The van der Waals surface area contributed by atoms with Gasteiger partial charge in [0.1, 0.15) is 12.1 Å². The zero-order valence-corrected chi connectivity index (χ0v) is 12.7. The SMILES string of the molecule is CCC(CC)N(CC(C)C)c1ncncc1Br. The van der Waals surface area contributed by atoms with Crippen LogP contribution in [0.25, 0.3) is 0 Å². The number of halogens is 1. The molecule has 0 amide bonds. The minimum Gasteiger partial charge on any atom is -0.352 e. The summed E-state index contributed by atoms with van der Waals surface area (Å²) in [4.78, 5) is 10.8. The Bertz CT molecular complexity index is 337. The van der Waals surface area contributed by atoms with Crippen molar-refractivity contribution in [3.63, 3.8) is 0 Å². The van der Waals surface area contributed by atoms with Crippen molar-refractivity contribution < 1.29 is 0 Å². The predicted octanol–water partition coefficient (Wildman–Crippen LogP) is 3.89. The highest BCUT2D eigenvalue weighted by Crippen LogP contribution is 2.26. The van der Waals surface area contributed by atoms with Crippen LogP contribution >= 0.6 is 15.9 Å². The van der Waals surface area contributed by atoms with Gasteiger partial charge in [-0.05, 0) is 34.7 Å². The lowest BCUT2D eigenvalue weighted by molar-refractivity contribution is 0.502. The average Bonchev–Trinajstić information content (AvgIpc) is 2.29. The van der Waals surface area contributed by atoms with Crippen LogP contribution in [0.5, 0.6) is 0 Å². The summed E-state index contributed by atoms with van der Waals surface area (Å²) >= 11 is 3.55. The van der Waals surface area contributed by atoms with Crippen molar-refractivity contribution >= 4 is 21.7 Å². The van der Waals surface area contributed by atoms with E-state index in [4.69, 9.17) is 0 Å². The van der Waals surface area contributed by atoms with Gasteiger partial charge < -0.3 is 4.90 Å². The number of nitrogens with zero attached hydrogens (tertiary/aromatic N) is 3. The molecule has 0 radical (unpaired) electrons. The number of hydrogen-bond acceptors (Lipinski definition) is 3. The molecule has 0 N–H and O–H groups in total. The summed E-state index contributed by atoms with van der Waals surface area (Å²) in [5.74, 6) is 1.64. The van der Waals surface area contributed by atoms with Gasteiger partial charge in [-0.1, -0.05) is 27.7 Å². The van der Waals surface area contributed by atoms with E-state index in [9.17, 15) is 0 Å². The summed E-state index contributed by atoms with van der Waals surface area (Å²) < 4.78 is 0.979. The van der Waals surface area contributed by atoms with E-state index in [0.29, 0.717) is 12.0 Å². The molecule has 96 valence electrons. The molecule has 1 aromatic rings. The van der Waals surface area contributed by atoms with Crippen molar-refractivity contribution in [3.8, 4) is 0 Å². The summed E-state index contributed by atoms with van der Waals surface area (Å²) in [6.45, 7) is 9.98. The first-order chi connectivity index (χ1) is 8.10. The van der Waals surface area contributed by atoms with E-state index in [-0.39, 0.29) is 0 Å². The maximum absolute atomic E-state index is 4.42. The van der Waals surface area contributed by atoms with Crippen LogP contribution < -0.4 is 4.90 Å². The first-order valence-corrected chi connectivity index (χ1v) is 7.11. The molecule has 0 aliphatic heterocycles. The van der Waals surface area contributed by atoms with Crippen LogP contribution in [0, 0.1) is 5.92 Å². The van der Waals surface area contributed by atoms with Crippen molar-refractivity contribution in [3.05, 3.63) is 17.0 Å². The van der Waals surface area contributed by atoms with Gasteiger partial charge in [0.05, 0.1) is 4.47 Å². The summed E-state index contributed by atoms with van der Waals surface area (Å²) in [6.07, 6.45) is 5.72. The molecular weight excluding hydrogens is 278 g/mol. The van der Waals surface area contributed by atoms with Gasteiger partial charge in [-0.15, -0.1) is 0 Å². The van der Waals surface area contributed by atoms with Crippen LogP contribution in [0.2, 0.25) is 0 Å². The van der Waals surface area contributed by atoms with Gasteiger partial charge in [0.2, 0.25) is 0 Å². The van der Waals surface area contributed by atoms with Crippen molar-refractivity contribution in [1.29, 1.82) is 0 Å². The Labute approximate surface area is 113 Å². The first-order valence-electron chi connectivity index (χ1n) is 6.32. The van der Waals surface area contributed by atoms with Crippen LogP contribution in [0.4, 0.5) is 5.82 Å². The van der Waals surface area contributed by atoms with Crippen LogP contribution in [0.15, 0.2) is 17.0 Å². The van der Waals surface area contributed by atoms with E-state index >= 15 is 0 Å². The second kappa shape index (κ2) is 6.94. The van der Waals surface area contributed by atoms with Crippen molar-refractivity contribution in [1.82, 2.24) is 9.97 Å². The second-order valence-electron chi connectivity index (χ2n) is 4.71. The summed E-state index contributed by atoms with van der Waals surface area (Å²) in [5.41, 5.74) is 0. The highest BCUT2D eigenvalue weighted by atomic mass is 79.9.